The normalized spacial score (nSPS) is 10.8. The third kappa shape index (κ3) is 3.18. The summed E-state index contributed by atoms with van der Waals surface area (Å²) in [6, 6.07) is 17.9. The third-order valence-corrected chi connectivity index (χ3v) is 3.80. The Labute approximate surface area is 128 Å². The van der Waals surface area contributed by atoms with Gasteiger partial charge in [0.05, 0.1) is 0 Å². The van der Waals surface area contributed by atoms with Gasteiger partial charge in [-0.25, -0.2) is 5.48 Å². The fraction of sp³-hybridized carbons (Fsp3) is 0.167. The molecule has 0 aliphatic heterocycles. The van der Waals surface area contributed by atoms with Gasteiger partial charge in [0.1, 0.15) is 0 Å². The van der Waals surface area contributed by atoms with E-state index >= 15 is 0 Å². The Morgan fingerprint density at radius 3 is 2.64 bits per heavy atom. The molecule has 0 saturated carbocycles. The number of hydrogen-bond acceptors (Lipinski definition) is 2. The molecule has 1 heterocycles. The van der Waals surface area contributed by atoms with Crippen LogP contribution < -0.4 is 5.48 Å². The van der Waals surface area contributed by atoms with Crippen LogP contribution in [0.2, 0.25) is 0 Å². The molecule has 1 aromatic heterocycles. The average Bonchev–Trinajstić information content (AvgIpc) is 2.97. The van der Waals surface area contributed by atoms with Gasteiger partial charge in [-0.3, -0.25) is 10.0 Å². The van der Waals surface area contributed by atoms with E-state index in [0.29, 0.717) is 5.56 Å². The number of rotatable bonds is 5. The van der Waals surface area contributed by atoms with Crippen molar-refractivity contribution in [1.82, 2.24) is 10.5 Å². The van der Waals surface area contributed by atoms with Crippen LogP contribution in [0.15, 0.2) is 54.6 Å². The van der Waals surface area contributed by atoms with Crippen molar-refractivity contribution >= 4 is 16.8 Å². The van der Waals surface area contributed by atoms with Crippen molar-refractivity contribution in [1.29, 1.82) is 0 Å². The van der Waals surface area contributed by atoms with Crippen molar-refractivity contribution < 1.29 is 10.0 Å². The predicted molar refractivity (Wildman–Crippen MR) is 86.0 cm³/mol. The molecule has 0 spiro atoms. The van der Waals surface area contributed by atoms with Gasteiger partial charge in [-0.2, -0.15) is 0 Å². The lowest BCUT2D eigenvalue weighted by Crippen LogP contribution is -2.18. The Morgan fingerprint density at radius 2 is 1.86 bits per heavy atom. The molecule has 112 valence electrons. The first-order chi connectivity index (χ1) is 10.8. The van der Waals surface area contributed by atoms with Crippen LogP contribution in [0.5, 0.6) is 0 Å². The molecular weight excluding hydrogens is 276 g/mol. The molecule has 3 N–H and O–H groups in total. The number of benzene rings is 2. The lowest BCUT2D eigenvalue weighted by Gasteiger charge is -2.00. The Kier molecular flexibility index (Phi) is 4.21. The lowest BCUT2D eigenvalue weighted by atomic mass is 10.1. The zero-order valence-corrected chi connectivity index (χ0v) is 12.2. The Balaban J connectivity index is 1.68. The van der Waals surface area contributed by atoms with E-state index in [9.17, 15) is 4.79 Å². The monoisotopic (exact) mass is 294 g/mol. The highest BCUT2D eigenvalue weighted by Crippen LogP contribution is 2.18. The summed E-state index contributed by atoms with van der Waals surface area (Å²) in [4.78, 5) is 14.8. The summed E-state index contributed by atoms with van der Waals surface area (Å²) >= 11 is 0. The summed E-state index contributed by atoms with van der Waals surface area (Å²) < 4.78 is 0. The van der Waals surface area contributed by atoms with Crippen molar-refractivity contribution in [3.05, 3.63) is 71.4 Å². The summed E-state index contributed by atoms with van der Waals surface area (Å²) in [6.07, 6.45) is 3.08. The summed E-state index contributed by atoms with van der Waals surface area (Å²) in [5.41, 5.74) is 5.51. The van der Waals surface area contributed by atoms with Crippen molar-refractivity contribution in [3.8, 4) is 0 Å². The molecule has 0 saturated heterocycles. The molecule has 2 aromatic carbocycles. The number of carbonyl (C=O) groups is 1. The molecule has 0 aliphatic rings. The summed E-state index contributed by atoms with van der Waals surface area (Å²) in [5, 5.41) is 9.75. The lowest BCUT2D eigenvalue weighted by molar-refractivity contribution is 0.0706. The van der Waals surface area contributed by atoms with Crippen LogP contribution in [0.25, 0.3) is 10.9 Å². The zero-order chi connectivity index (χ0) is 15.4. The number of aryl methyl sites for hydroxylation is 2. The molecule has 0 radical (unpaired) electrons. The van der Waals surface area contributed by atoms with Gasteiger partial charge >= 0.3 is 0 Å². The fourth-order valence-corrected chi connectivity index (χ4v) is 2.66. The van der Waals surface area contributed by atoms with Gasteiger partial charge in [-0.15, -0.1) is 0 Å². The highest BCUT2D eigenvalue weighted by molar-refractivity contribution is 5.97. The fourth-order valence-electron chi connectivity index (χ4n) is 2.66. The van der Waals surface area contributed by atoms with Gasteiger partial charge in [0.2, 0.25) is 0 Å². The van der Waals surface area contributed by atoms with E-state index in [1.54, 1.807) is 17.6 Å². The van der Waals surface area contributed by atoms with Gasteiger partial charge in [0.15, 0.2) is 0 Å². The topological polar surface area (TPSA) is 65.1 Å². The van der Waals surface area contributed by atoms with Crippen LogP contribution in [-0.2, 0) is 12.8 Å². The first-order valence-corrected chi connectivity index (χ1v) is 7.36. The zero-order valence-electron chi connectivity index (χ0n) is 12.2. The highest BCUT2D eigenvalue weighted by atomic mass is 16.5. The molecule has 0 unspecified atom stereocenters. The second-order valence-corrected chi connectivity index (χ2v) is 5.38. The first kappa shape index (κ1) is 14.4. The van der Waals surface area contributed by atoms with E-state index in [0.717, 1.165) is 35.9 Å². The molecule has 22 heavy (non-hydrogen) atoms. The number of hydroxylamine groups is 1. The van der Waals surface area contributed by atoms with E-state index < -0.39 is 5.91 Å². The first-order valence-electron chi connectivity index (χ1n) is 7.36. The van der Waals surface area contributed by atoms with Crippen molar-refractivity contribution in [2.45, 2.75) is 19.3 Å². The van der Waals surface area contributed by atoms with Crippen LogP contribution in [0.1, 0.15) is 28.0 Å². The highest BCUT2D eigenvalue weighted by Gasteiger charge is 2.07. The van der Waals surface area contributed by atoms with Gasteiger partial charge in [0, 0.05) is 16.8 Å². The van der Waals surface area contributed by atoms with Crippen LogP contribution in [0.3, 0.4) is 0 Å². The van der Waals surface area contributed by atoms with E-state index in [2.05, 4.69) is 35.3 Å². The second kappa shape index (κ2) is 6.45. The van der Waals surface area contributed by atoms with Crippen molar-refractivity contribution in [3.63, 3.8) is 0 Å². The van der Waals surface area contributed by atoms with E-state index in [1.807, 2.05) is 12.1 Å². The van der Waals surface area contributed by atoms with Gasteiger partial charge in [-0.05, 0) is 48.4 Å². The number of nitrogens with one attached hydrogen (secondary N) is 2. The largest absolute Gasteiger partial charge is 0.358 e. The minimum atomic E-state index is -0.498. The van der Waals surface area contributed by atoms with E-state index in [4.69, 9.17) is 5.21 Å². The Bertz CT molecular complexity index is 778. The Hall–Kier alpha value is -2.59. The number of H-pyrrole nitrogens is 1. The summed E-state index contributed by atoms with van der Waals surface area (Å²) in [7, 11) is 0. The number of aromatic amines is 1. The molecule has 0 atom stereocenters. The average molecular weight is 294 g/mol. The molecule has 0 bridgehead atoms. The van der Waals surface area contributed by atoms with Gasteiger partial charge in [0.25, 0.3) is 5.91 Å². The Morgan fingerprint density at radius 1 is 1.05 bits per heavy atom. The molecule has 3 rings (SSSR count). The quantitative estimate of drug-likeness (QED) is 0.498. The maximum atomic E-state index is 11.4. The number of hydrogen-bond donors (Lipinski definition) is 3. The van der Waals surface area contributed by atoms with Crippen molar-refractivity contribution in [2.75, 3.05) is 0 Å². The minimum absolute atomic E-state index is 0.438. The summed E-state index contributed by atoms with van der Waals surface area (Å²) in [6.45, 7) is 0. The number of aromatic nitrogens is 1. The number of fused-ring (bicyclic) bond motifs is 1. The van der Waals surface area contributed by atoms with Crippen LogP contribution in [0, 0.1) is 0 Å². The molecule has 1 amide bonds. The minimum Gasteiger partial charge on any atom is -0.358 e. The van der Waals surface area contributed by atoms with E-state index in [-0.39, 0.29) is 0 Å². The van der Waals surface area contributed by atoms with Crippen LogP contribution >= 0.6 is 0 Å². The SMILES string of the molecule is O=C(NO)c1ccc2cc(CCCc3ccccc3)[nH]c2c1. The van der Waals surface area contributed by atoms with Gasteiger partial charge < -0.3 is 4.98 Å². The second-order valence-electron chi connectivity index (χ2n) is 5.38. The van der Waals surface area contributed by atoms with Crippen LogP contribution in [-0.4, -0.2) is 16.1 Å². The standard InChI is InChI=1S/C18H18N2O2/c21-18(20-22)15-10-9-14-11-16(19-17(14)12-15)8-4-7-13-5-2-1-3-6-13/h1-3,5-6,9-12,19,22H,4,7-8H2,(H,20,21). The number of carbonyl (C=O) groups excluding carboxylic acids is 1. The van der Waals surface area contributed by atoms with E-state index in [1.165, 1.54) is 5.56 Å². The molecular formula is C18H18N2O2. The molecule has 0 fully saturated rings. The van der Waals surface area contributed by atoms with Crippen LogP contribution in [0.4, 0.5) is 0 Å². The maximum absolute atomic E-state index is 11.4. The molecule has 3 aromatic rings. The number of amides is 1. The maximum Gasteiger partial charge on any atom is 0.274 e. The predicted octanol–water partition coefficient (Wildman–Crippen LogP) is 3.46. The molecule has 0 aliphatic carbocycles. The van der Waals surface area contributed by atoms with Gasteiger partial charge in [-0.1, -0.05) is 36.4 Å². The smallest absolute Gasteiger partial charge is 0.274 e. The molecule has 4 nitrogen and oxygen atoms in total. The summed E-state index contributed by atoms with van der Waals surface area (Å²) in [5.74, 6) is -0.498. The third-order valence-electron chi connectivity index (χ3n) is 3.80. The molecule has 4 heteroatoms. The van der Waals surface area contributed by atoms with Crippen molar-refractivity contribution in [2.24, 2.45) is 0 Å².